The number of carbonyl (C=O) groups excluding carboxylic acids is 1. The molecule has 2 aliphatic heterocycles. The minimum atomic E-state index is -0.444. The lowest BCUT2D eigenvalue weighted by Crippen LogP contribution is -2.73. The lowest BCUT2D eigenvalue weighted by molar-refractivity contribution is -0.162. The number of ether oxygens (including phenoxy) is 2. The van der Waals surface area contributed by atoms with Crippen LogP contribution in [0.3, 0.4) is 0 Å². The second kappa shape index (κ2) is 4.14. The van der Waals surface area contributed by atoms with Crippen LogP contribution in [-0.2, 0) is 9.47 Å². The number of morpholine rings is 1. The second-order valence-electron chi connectivity index (χ2n) is 5.87. The molecule has 0 aromatic rings. The number of hydrogen-bond acceptors (Lipinski definition) is 4. The quantitative estimate of drug-likeness (QED) is 0.688. The molecular weight excluding hydrogens is 220 g/mol. The fourth-order valence-corrected chi connectivity index (χ4v) is 2.28. The maximum Gasteiger partial charge on any atom is 0.410 e. The number of carbonyl (C=O) groups is 1. The van der Waals surface area contributed by atoms with Gasteiger partial charge < -0.3 is 19.7 Å². The van der Waals surface area contributed by atoms with E-state index in [1.54, 1.807) is 4.90 Å². The van der Waals surface area contributed by atoms with E-state index < -0.39 is 5.60 Å². The van der Waals surface area contributed by atoms with Gasteiger partial charge >= 0.3 is 6.09 Å². The second-order valence-corrected chi connectivity index (χ2v) is 5.87. The van der Waals surface area contributed by atoms with Gasteiger partial charge in [-0.2, -0.15) is 0 Å². The summed E-state index contributed by atoms with van der Waals surface area (Å²) in [4.78, 5) is 13.9. The van der Waals surface area contributed by atoms with Crippen LogP contribution in [0.4, 0.5) is 4.79 Å². The fraction of sp³-hybridized carbons (Fsp3) is 0.917. The number of nitrogens with one attached hydrogen (secondary N) is 1. The summed E-state index contributed by atoms with van der Waals surface area (Å²) < 4.78 is 11.2. The zero-order valence-electron chi connectivity index (χ0n) is 11.1. The van der Waals surface area contributed by atoms with Crippen molar-refractivity contribution in [1.29, 1.82) is 0 Å². The van der Waals surface area contributed by atoms with Crippen molar-refractivity contribution in [2.24, 2.45) is 0 Å². The van der Waals surface area contributed by atoms with Crippen molar-refractivity contribution < 1.29 is 14.3 Å². The first-order valence-electron chi connectivity index (χ1n) is 6.18. The average molecular weight is 242 g/mol. The van der Waals surface area contributed by atoms with Crippen molar-refractivity contribution in [2.75, 3.05) is 26.2 Å². The fourth-order valence-electron chi connectivity index (χ4n) is 2.28. The van der Waals surface area contributed by atoms with Gasteiger partial charge in [0.05, 0.1) is 12.6 Å². The van der Waals surface area contributed by atoms with Crippen LogP contribution in [0.15, 0.2) is 0 Å². The molecule has 0 saturated carbocycles. The van der Waals surface area contributed by atoms with E-state index in [-0.39, 0.29) is 17.7 Å². The van der Waals surface area contributed by atoms with Crippen LogP contribution in [-0.4, -0.2) is 54.5 Å². The summed E-state index contributed by atoms with van der Waals surface area (Å²) in [5, 5.41) is 3.21. The van der Waals surface area contributed by atoms with Crippen LogP contribution < -0.4 is 5.32 Å². The van der Waals surface area contributed by atoms with Gasteiger partial charge in [0.15, 0.2) is 0 Å². The summed E-state index contributed by atoms with van der Waals surface area (Å²) in [6.07, 6.45) is -0.237. The number of rotatable bonds is 0. The highest BCUT2D eigenvalue weighted by molar-refractivity contribution is 5.69. The highest BCUT2D eigenvalue weighted by Crippen LogP contribution is 2.29. The van der Waals surface area contributed by atoms with Crippen molar-refractivity contribution in [3.05, 3.63) is 0 Å². The third-order valence-corrected chi connectivity index (χ3v) is 3.43. The molecule has 0 bridgehead atoms. The van der Waals surface area contributed by atoms with E-state index in [4.69, 9.17) is 9.47 Å². The SMILES string of the molecule is C[C@H]1N(C(=O)OC(C)(C)C)CCOC12CNC2. The Morgan fingerprint density at radius 2 is 2.12 bits per heavy atom. The molecule has 2 rings (SSSR count). The van der Waals surface area contributed by atoms with Gasteiger partial charge in [-0.1, -0.05) is 0 Å². The maximum atomic E-state index is 12.1. The van der Waals surface area contributed by atoms with Crippen molar-refractivity contribution in [2.45, 2.75) is 44.9 Å². The molecule has 98 valence electrons. The molecule has 1 atom stereocenters. The van der Waals surface area contributed by atoms with Crippen molar-refractivity contribution in [3.63, 3.8) is 0 Å². The van der Waals surface area contributed by atoms with Gasteiger partial charge in [0.2, 0.25) is 0 Å². The van der Waals surface area contributed by atoms with Gasteiger partial charge in [0.25, 0.3) is 0 Å². The van der Waals surface area contributed by atoms with Crippen LogP contribution in [0.1, 0.15) is 27.7 Å². The Kier molecular flexibility index (Phi) is 3.08. The molecule has 1 spiro atoms. The summed E-state index contributed by atoms with van der Waals surface area (Å²) >= 11 is 0. The van der Waals surface area contributed by atoms with E-state index in [0.29, 0.717) is 13.2 Å². The summed E-state index contributed by atoms with van der Waals surface area (Å²) in [6, 6.07) is 0.0624. The molecular formula is C12H22N2O3. The Labute approximate surface area is 102 Å². The summed E-state index contributed by atoms with van der Waals surface area (Å²) in [5.74, 6) is 0. The zero-order chi connectivity index (χ0) is 12.7. The molecule has 2 saturated heterocycles. The van der Waals surface area contributed by atoms with Gasteiger partial charge in [-0.15, -0.1) is 0 Å². The third-order valence-electron chi connectivity index (χ3n) is 3.43. The lowest BCUT2D eigenvalue weighted by Gasteiger charge is -2.53. The van der Waals surface area contributed by atoms with Gasteiger partial charge in [-0.05, 0) is 27.7 Å². The first kappa shape index (κ1) is 12.6. The molecule has 5 heteroatoms. The number of hydrogen-bond donors (Lipinski definition) is 1. The number of amides is 1. The predicted octanol–water partition coefficient (Wildman–Crippen LogP) is 0.984. The molecule has 0 aromatic carbocycles. The molecule has 1 N–H and O–H groups in total. The third kappa shape index (κ3) is 2.40. The van der Waals surface area contributed by atoms with E-state index in [2.05, 4.69) is 5.32 Å². The molecule has 2 fully saturated rings. The Balaban J connectivity index is 2.03. The van der Waals surface area contributed by atoms with Crippen LogP contribution in [0.2, 0.25) is 0 Å². The van der Waals surface area contributed by atoms with Crippen LogP contribution in [0.25, 0.3) is 0 Å². The van der Waals surface area contributed by atoms with Crippen LogP contribution in [0, 0.1) is 0 Å². The molecule has 0 aliphatic carbocycles. The first-order chi connectivity index (χ1) is 7.84. The highest BCUT2D eigenvalue weighted by atomic mass is 16.6. The van der Waals surface area contributed by atoms with Crippen LogP contribution >= 0.6 is 0 Å². The molecule has 0 unspecified atom stereocenters. The summed E-state index contributed by atoms with van der Waals surface area (Å²) in [7, 11) is 0. The molecule has 17 heavy (non-hydrogen) atoms. The summed E-state index contributed by atoms with van der Waals surface area (Å²) in [6.45, 7) is 10.5. The van der Waals surface area contributed by atoms with E-state index in [1.165, 1.54) is 0 Å². The van der Waals surface area contributed by atoms with Gasteiger partial charge in [0.1, 0.15) is 11.2 Å². The standard InChI is InChI=1S/C12H22N2O3/c1-9-12(7-13-8-12)16-6-5-14(9)10(15)17-11(2,3)4/h9,13H,5-8H2,1-4H3/t9-/m1/s1. The van der Waals surface area contributed by atoms with Crippen LogP contribution in [0.5, 0.6) is 0 Å². The largest absolute Gasteiger partial charge is 0.444 e. The Bertz CT molecular complexity index is 307. The monoisotopic (exact) mass is 242 g/mol. The smallest absolute Gasteiger partial charge is 0.410 e. The topological polar surface area (TPSA) is 50.8 Å². The molecule has 5 nitrogen and oxygen atoms in total. The first-order valence-corrected chi connectivity index (χ1v) is 6.18. The van der Waals surface area contributed by atoms with Gasteiger partial charge in [-0.25, -0.2) is 4.79 Å². The van der Waals surface area contributed by atoms with E-state index >= 15 is 0 Å². The van der Waals surface area contributed by atoms with Gasteiger partial charge in [-0.3, -0.25) is 0 Å². The Hall–Kier alpha value is -0.810. The molecule has 2 aliphatic rings. The van der Waals surface area contributed by atoms with E-state index in [9.17, 15) is 4.79 Å². The highest BCUT2D eigenvalue weighted by Gasteiger charge is 2.50. The minimum Gasteiger partial charge on any atom is -0.444 e. The van der Waals surface area contributed by atoms with E-state index in [1.807, 2.05) is 27.7 Å². The number of nitrogens with zero attached hydrogens (tertiary/aromatic N) is 1. The molecule has 0 radical (unpaired) electrons. The molecule has 0 aromatic heterocycles. The molecule has 1 amide bonds. The minimum absolute atomic E-state index is 0.0624. The van der Waals surface area contributed by atoms with Gasteiger partial charge in [0, 0.05) is 19.6 Å². The zero-order valence-corrected chi connectivity index (χ0v) is 11.1. The lowest BCUT2D eigenvalue weighted by atomic mass is 9.86. The average Bonchev–Trinajstić information content (AvgIpc) is 2.12. The van der Waals surface area contributed by atoms with E-state index in [0.717, 1.165) is 13.1 Å². The maximum absolute atomic E-state index is 12.1. The summed E-state index contributed by atoms with van der Waals surface area (Å²) in [5.41, 5.74) is -0.644. The Morgan fingerprint density at radius 3 is 2.59 bits per heavy atom. The van der Waals surface area contributed by atoms with Crippen molar-refractivity contribution in [3.8, 4) is 0 Å². The molecule has 2 heterocycles. The van der Waals surface area contributed by atoms with Crippen molar-refractivity contribution >= 4 is 6.09 Å². The normalized spacial score (nSPS) is 27.8. The van der Waals surface area contributed by atoms with Crippen molar-refractivity contribution in [1.82, 2.24) is 10.2 Å². The Morgan fingerprint density at radius 1 is 1.47 bits per heavy atom. The predicted molar refractivity (Wildman–Crippen MR) is 64.0 cm³/mol.